The van der Waals surface area contributed by atoms with Crippen LogP contribution in [0.2, 0.25) is 0 Å². The first-order valence-corrected chi connectivity index (χ1v) is 11.3. The number of nitrogens with two attached hydrogens (primary N) is 1. The van der Waals surface area contributed by atoms with E-state index >= 15 is 4.39 Å². The Bertz CT molecular complexity index is 1150. The van der Waals surface area contributed by atoms with Crippen LogP contribution >= 0.6 is 0 Å². The summed E-state index contributed by atoms with van der Waals surface area (Å²) in [6.07, 6.45) is 0. The lowest BCUT2D eigenvalue weighted by atomic mass is 9.67. The monoisotopic (exact) mass is 447 g/mol. The number of carbonyl (C=O) groups excluding carboxylic acids is 1. The molecular weight excluding hydrogens is 418 g/mol. The van der Waals surface area contributed by atoms with Crippen LogP contribution in [-0.2, 0) is 0 Å². The largest absolute Gasteiger partial charge is 0.329 e. The highest BCUT2D eigenvalue weighted by Gasteiger charge is 2.43. The Labute approximate surface area is 194 Å². The molecule has 2 N–H and O–H groups in total. The van der Waals surface area contributed by atoms with Crippen LogP contribution in [0.3, 0.4) is 0 Å². The predicted molar refractivity (Wildman–Crippen MR) is 126 cm³/mol. The zero-order chi connectivity index (χ0) is 23.5. The molecule has 171 valence electrons. The SMILES string of the molecule is Cc1cccc(C2C(C(=O)c3cccc(F)c3)CN(CCN)CC2c2[c]cccc2F)c1C. The normalized spacial score (nSPS) is 21.2. The van der Waals surface area contributed by atoms with Gasteiger partial charge in [0.25, 0.3) is 0 Å². The second-order valence-electron chi connectivity index (χ2n) is 8.88. The van der Waals surface area contributed by atoms with Crippen LogP contribution in [0.1, 0.15) is 44.4 Å². The van der Waals surface area contributed by atoms with Gasteiger partial charge in [-0.05, 0) is 54.8 Å². The summed E-state index contributed by atoms with van der Waals surface area (Å²) in [6, 6.07) is 19.8. The quantitative estimate of drug-likeness (QED) is 0.540. The lowest BCUT2D eigenvalue weighted by Gasteiger charge is -2.44. The standard InChI is InChI=1S/C28H29F2N2O/c1-18-7-5-11-22(19(18)2)27-24(23-10-3-4-12-26(23)30)16-32(14-13-31)17-25(27)28(33)20-8-6-9-21(29)15-20/h3-9,11-12,15,24-25,27H,13-14,16-17,31H2,1-2H3. The summed E-state index contributed by atoms with van der Waals surface area (Å²) >= 11 is 0. The summed E-state index contributed by atoms with van der Waals surface area (Å²) in [5, 5.41) is 0. The Morgan fingerprint density at radius 2 is 1.88 bits per heavy atom. The van der Waals surface area contributed by atoms with Crippen molar-refractivity contribution in [1.29, 1.82) is 0 Å². The molecule has 0 bridgehead atoms. The highest BCUT2D eigenvalue weighted by Crippen LogP contribution is 2.46. The molecule has 0 saturated carbocycles. The van der Waals surface area contributed by atoms with Crippen LogP contribution < -0.4 is 5.73 Å². The van der Waals surface area contributed by atoms with Crippen molar-refractivity contribution in [3.05, 3.63) is 106 Å². The molecule has 3 aromatic rings. The highest BCUT2D eigenvalue weighted by molar-refractivity contribution is 5.98. The van der Waals surface area contributed by atoms with E-state index in [1.54, 1.807) is 24.3 Å². The van der Waals surface area contributed by atoms with Gasteiger partial charge >= 0.3 is 0 Å². The topological polar surface area (TPSA) is 46.3 Å². The van der Waals surface area contributed by atoms with Crippen LogP contribution in [0, 0.1) is 37.5 Å². The van der Waals surface area contributed by atoms with Gasteiger partial charge in [-0.25, -0.2) is 8.78 Å². The van der Waals surface area contributed by atoms with E-state index in [0.717, 1.165) is 16.7 Å². The molecule has 0 spiro atoms. The van der Waals surface area contributed by atoms with E-state index in [1.165, 1.54) is 18.2 Å². The van der Waals surface area contributed by atoms with Gasteiger partial charge in [0.05, 0.1) is 0 Å². The third-order valence-electron chi connectivity index (χ3n) is 6.88. The number of likely N-dealkylation sites (tertiary alicyclic amines) is 1. The van der Waals surface area contributed by atoms with E-state index in [4.69, 9.17) is 5.73 Å². The van der Waals surface area contributed by atoms with Gasteiger partial charge in [0.15, 0.2) is 5.78 Å². The van der Waals surface area contributed by atoms with E-state index in [0.29, 0.717) is 37.3 Å². The van der Waals surface area contributed by atoms with E-state index in [-0.39, 0.29) is 23.4 Å². The number of hydrogen-bond donors (Lipinski definition) is 1. The van der Waals surface area contributed by atoms with E-state index in [9.17, 15) is 9.18 Å². The highest BCUT2D eigenvalue weighted by atomic mass is 19.1. The van der Waals surface area contributed by atoms with Gasteiger partial charge in [-0.2, -0.15) is 0 Å². The molecule has 3 atom stereocenters. The summed E-state index contributed by atoms with van der Waals surface area (Å²) in [5.41, 5.74) is 9.90. The fourth-order valence-electron chi connectivity index (χ4n) is 5.16. The number of rotatable bonds is 6. The number of hydrogen-bond acceptors (Lipinski definition) is 3. The average molecular weight is 448 g/mol. The maximum absolute atomic E-state index is 15.1. The number of aryl methyl sites for hydroxylation is 1. The van der Waals surface area contributed by atoms with Gasteiger partial charge in [-0.3, -0.25) is 4.79 Å². The first-order valence-electron chi connectivity index (χ1n) is 11.3. The molecule has 1 radical (unpaired) electrons. The molecule has 3 unspecified atom stereocenters. The van der Waals surface area contributed by atoms with Gasteiger partial charge in [-0.15, -0.1) is 0 Å². The van der Waals surface area contributed by atoms with Crippen molar-refractivity contribution in [2.45, 2.75) is 25.7 Å². The number of piperidine rings is 1. The van der Waals surface area contributed by atoms with E-state index in [1.807, 2.05) is 32.0 Å². The Balaban J connectivity index is 1.89. The molecule has 4 rings (SSSR count). The summed E-state index contributed by atoms with van der Waals surface area (Å²) in [4.78, 5) is 15.9. The summed E-state index contributed by atoms with van der Waals surface area (Å²) in [5.74, 6) is -1.96. The summed E-state index contributed by atoms with van der Waals surface area (Å²) in [6.45, 7) is 6.16. The Morgan fingerprint density at radius 3 is 2.61 bits per heavy atom. The fraction of sp³-hybridized carbons (Fsp3) is 0.321. The number of ketones is 1. The summed E-state index contributed by atoms with van der Waals surface area (Å²) < 4.78 is 29.0. The van der Waals surface area contributed by atoms with Crippen molar-refractivity contribution in [2.24, 2.45) is 11.7 Å². The minimum Gasteiger partial charge on any atom is -0.329 e. The molecule has 1 fully saturated rings. The molecule has 1 aliphatic rings. The second kappa shape index (κ2) is 9.94. The Hall–Kier alpha value is -2.89. The fourth-order valence-corrected chi connectivity index (χ4v) is 5.16. The van der Waals surface area contributed by atoms with Crippen molar-refractivity contribution in [1.82, 2.24) is 4.90 Å². The molecule has 1 aliphatic heterocycles. The molecule has 0 aliphatic carbocycles. The number of nitrogens with zero attached hydrogens (tertiary/aromatic N) is 1. The first-order chi connectivity index (χ1) is 15.9. The molecule has 33 heavy (non-hydrogen) atoms. The smallest absolute Gasteiger partial charge is 0.167 e. The van der Waals surface area contributed by atoms with Crippen molar-refractivity contribution in [3.63, 3.8) is 0 Å². The van der Waals surface area contributed by atoms with Crippen LogP contribution in [-0.4, -0.2) is 36.9 Å². The average Bonchev–Trinajstić information content (AvgIpc) is 2.81. The zero-order valence-corrected chi connectivity index (χ0v) is 19.0. The molecule has 3 aromatic carbocycles. The molecule has 0 aromatic heterocycles. The molecular formula is C28H29F2N2O. The molecule has 3 nitrogen and oxygen atoms in total. The number of Topliss-reactive ketones (excluding diaryl/α,β-unsaturated/α-hetero) is 1. The minimum atomic E-state index is -0.481. The number of benzene rings is 3. The van der Waals surface area contributed by atoms with Gasteiger partial charge in [0.2, 0.25) is 0 Å². The van der Waals surface area contributed by atoms with Crippen LogP contribution in [0.4, 0.5) is 8.78 Å². The lowest BCUT2D eigenvalue weighted by Crippen LogP contribution is -2.48. The van der Waals surface area contributed by atoms with Crippen molar-refractivity contribution >= 4 is 5.78 Å². The molecule has 5 heteroatoms. The van der Waals surface area contributed by atoms with E-state index in [2.05, 4.69) is 11.0 Å². The van der Waals surface area contributed by atoms with Crippen molar-refractivity contribution in [2.75, 3.05) is 26.2 Å². The number of halogens is 2. The van der Waals surface area contributed by atoms with Gasteiger partial charge in [0, 0.05) is 55.1 Å². The van der Waals surface area contributed by atoms with Gasteiger partial charge in [0.1, 0.15) is 11.6 Å². The molecule has 0 amide bonds. The van der Waals surface area contributed by atoms with Crippen molar-refractivity contribution in [3.8, 4) is 0 Å². The predicted octanol–water partition coefficient (Wildman–Crippen LogP) is 5.02. The summed E-state index contributed by atoms with van der Waals surface area (Å²) in [7, 11) is 0. The third-order valence-corrected chi connectivity index (χ3v) is 6.88. The maximum atomic E-state index is 15.1. The third kappa shape index (κ3) is 4.75. The van der Waals surface area contributed by atoms with Gasteiger partial charge < -0.3 is 10.6 Å². The molecule has 1 saturated heterocycles. The van der Waals surface area contributed by atoms with Crippen LogP contribution in [0.25, 0.3) is 0 Å². The Morgan fingerprint density at radius 1 is 1.09 bits per heavy atom. The molecule has 1 heterocycles. The lowest BCUT2D eigenvalue weighted by molar-refractivity contribution is 0.0741. The second-order valence-corrected chi connectivity index (χ2v) is 8.88. The zero-order valence-electron chi connectivity index (χ0n) is 19.0. The van der Waals surface area contributed by atoms with E-state index < -0.39 is 11.7 Å². The maximum Gasteiger partial charge on any atom is 0.167 e. The number of carbonyl (C=O) groups is 1. The minimum absolute atomic E-state index is 0.136. The Kier molecular flexibility index (Phi) is 7.01. The van der Waals surface area contributed by atoms with Crippen molar-refractivity contribution < 1.29 is 13.6 Å². The van der Waals surface area contributed by atoms with Crippen LogP contribution in [0.15, 0.2) is 60.7 Å². The first kappa shape index (κ1) is 23.3. The van der Waals surface area contributed by atoms with Gasteiger partial charge in [-0.1, -0.05) is 42.5 Å². The van der Waals surface area contributed by atoms with Crippen LogP contribution in [0.5, 0.6) is 0 Å².